The largest absolute Gasteiger partial charge is 0.396 e. The fraction of sp³-hybridized carbons (Fsp3) is 0.429. The predicted molar refractivity (Wildman–Crippen MR) is 73.5 cm³/mol. The molecule has 0 radical (unpaired) electrons. The normalized spacial score (nSPS) is 12.9. The van der Waals surface area contributed by atoms with Crippen molar-refractivity contribution in [1.29, 1.82) is 0 Å². The van der Waals surface area contributed by atoms with Gasteiger partial charge in [0.25, 0.3) is 0 Å². The predicted octanol–water partition coefficient (Wildman–Crippen LogP) is 2.45. The van der Waals surface area contributed by atoms with Crippen LogP contribution in [-0.2, 0) is 0 Å². The summed E-state index contributed by atoms with van der Waals surface area (Å²) in [5.74, 6) is 1.22. The smallest absolute Gasteiger partial charge is 0.156 e. The molecule has 96 valence electrons. The molecule has 4 heteroatoms. The van der Waals surface area contributed by atoms with E-state index < -0.39 is 0 Å². The van der Waals surface area contributed by atoms with E-state index in [1.54, 1.807) is 6.20 Å². The third kappa shape index (κ3) is 2.76. The first-order chi connectivity index (χ1) is 8.72. The molecule has 0 saturated carbocycles. The van der Waals surface area contributed by atoms with E-state index in [1.807, 2.05) is 24.3 Å². The van der Waals surface area contributed by atoms with Gasteiger partial charge >= 0.3 is 0 Å². The van der Waals surface area contributed by atoms with Gasteiger partial charge in [-0.15, -0.1) is 5.10 Å². The topological polar surface area (TPSA) is 58.0 Å². The van der Waals surface area contributed by atoms with E-state index in [0.29, 0.717) is 12.3 Å². The van der Waals surface area contributed by atoms with Crippen LogP contribution in [0.2, 0.25) is 0 Å². The number of aliphatic hydroxyl groups excluding tert-OH is 1. The molecule has 4 nitrogen and oxygen atoms in total. The molecule has 1 heterocycles. The van der Waals surface area contributed by atoms with Crippen molar-refractivity contribution in [3.8, 4) is 0 Å². The van der Waals surface area contributed by atoms with Crippen molar-refractivity contribution in [2.24, 2.45) is 5.92 Å². The lowest BCUT2D eigenvalue weighted by Gasteiger charge is -2.22. The highest BCUT2D eigenvalue weighted by Gasteiger charge is 2.14. The Morgan fingerprint density at radius 2 is 2.06 bits per heavy atom. The van der Waals surface area contributed by atoms with E-state index in [0.717, 1.165) is 16.6 Å². The molecule has 0 amide bonds. The van der Waals surface area contributed by atoms with Gasteiger partial charge in [0.1, 0.15) is 0 Å². The van der Waals surface area contributed by atoms with Gasteiger partial charge in [-0.1, -0.05) is 38.1 Å². The average Bonchev–Trinajstić information content (AvgIpc) is 2.38. The highest BCUT2D eigenvalue weighted by molar-refractivity contribution is 5.90. The Morgan fingerprint density at radius 1 is 1.28 bits per heavy atom. The van der Waals surface area contributed by atoms with Crippen LogP contribution in [0.3, 0.4) is 0 Å². The lowest BCUT2D eigenvalue weighted by molar-refractivity contribution is 0.267. The number of aliphatic hydroxyl groups is 1. The molecular weight excluding hydrogens is 226 g/mol. The number of fused-ring (bicyclic) bond motifs is 1. The molecule has 0 aliphatic heterocycles. The first-order valence-corrected chi connectivity index (χ1v) is 6.30. The SMILES string of the molecule is CC(C)C(CCO)Nc1nncc2ccccc12. The van der Waals surface area contributed by atoms with E-state index in [9.17, 15) is 0 Å². The van der Waals surface area contributed by atoms with Crippen LogP contribution in [0, 0.1) is 5.92 Å². The van der Waals surface area contributed by atoms with Gasteiger partial charge in [0.05, 0.1) is 6.20 Å². The van der Waals surface area contributed by atoms with Gasteiger partial charge in [0.15, 0.2) is 5.82 Å². The lowest BCUT2D eigenvalue weighted by atomic mass is 10.0. The molecule has 0 bridgehead atoms. The number of hydrogen-bond acceptors (Lipinski definition) is 4. The van der Waals surface area contributed by atoms with Crippen molar-refractivity contribution in [1.82, 2.24) is 10.2 Å². The third-order valence-corrected chi connectivity index (χ3v) is 3.14. The van der Waals surface area contributed by atoms with Crippen molar-refractivity contribution in [2.45, 2.75) is 26.3 Å². The molecule has 1 unspecified atom stereocenters. The van der Waals surface area contributed by atoms with Gasteiger partial charge in [-0.2, -0.15) is 5.10 Å². The van der Waals surface area contributed by atoms with Crippen molar-refractivity contribution in [2.75, 3.05) is 11.9 Å². The standard InChI is InChI=1S/C14H19N3O/c1-10(2)13(7-8-18)16-14-12-6-4-3-5-11(12)9-15-17-14/h3-6,9-10,13,18H,7-8H2,1-2H3,(H,16,17). The molecule has 2 aromatic rings. The molecule has 18 heavy (non-hydrogen) atoms. The summed E-state index contributed by atoms with van der Waals surface area (Å²) in [6.07, 6.45) is 2.47. The fourth-order valence-corrected chi connectivity index (χ4v) is 2.02. The van der Waals surface area contributed by atoms with Gasteiger partial charge in [0, 0.05) is 23.4 Å². The Kier molecular flexibility index (Phi) is 4.10. The minimum absolute atomic E-state index is 0.175. The first-order valence-electron chi connectivity index (χ1n) is 6.30. The first kappa shape index (κ1) is 12.8. The molecule has 0 aliphatic carbocycles. The van der Waals surface area contributed by atoms with Crippen LogP contribution in [-0.4, -0.2) is 28.0 Å². The number of nitrogens with zero attached hydrogens (tertiary/aromatic N) is 2. The van der Waals surface area contributed by atoms with Gasteiger partial charge in [-0.25, -0.2) is 0 Å². The van der Waals surface area contributed by atoms with Gasteiger partial charge in [0.2, 0.25) is 0 Å². The highest BCUT2D eigenvalue weighted by Crippen LogP contribution is 2.22. The van der Waals surface area contributed by atoms with E-state index in [2.05, 4.69) is 29.4 Å². The molecule has 0 fully saturated rings. The zero-order valence-corrected chi connectivity index (χ0v) is 10.8. The van der Waals surface area contributed by atoms with Crippen LogP contribution in [0.15, 0.2) is 30.5 Å². The van der Waals surface area contributed by atoms with Crippen LogP contribution < -0.4 is 5.32 Å². The summed E-state index contributed by atoms with van der Waals surface area (Å²) in [4.78, 5) is 0. The van der Waals surface area contributed by atoms with Gasteiger partial charge in [-0.05, 0) is 12.3 Å². The van der Waals surface area contributed by atoms with Crippen molar-refractivity contribution < 1.29 is 5.11 Å². The molecule has 2 N–H and O–H groups in total. The minimum Gasteiger partial charge on any atom is -0.396 e. The summed E-state index contributed by atoms with van der Waals surface area (Å²) in [6.45, 7) is 4.44. The Bertz CT molecular complexity index is 508. The molecule has 2 rings (SSSR count). The van der Waals surface area contributed by atoms with E-state index in [-0.39, 0.29) is 12.6 Å². The monoisotopic (exact) mass is 245 g/mol. The third-order valence-electron chi connectivity index (χ3n) is 3.14. The Morgan fingerprint density at radius 3 is 2.78 bits per heavy atom. The number of anilines is 1. The molecule has 1 aromatic carbocycles. The summed E-state index contributed by atoms with van der Waals surface area (Å²) < 4.78 is 0. The molecule has 1 atom stereocenters. The quantitative estimate of drug-likeness (QED) is 0.849. The van der Waals surface area contributed by atoms with Crippen LogP contribution in [0.25, 0.3) is 10.8 Å². The van der Waals surface area contributed by atoms with Crippen molar-refractivity contribution >= 4 is 16.6 Å². The number of aromatic nitrogens is 2. The van der Waals surface area contributed by atoms with E-state index in [1.165, 1.54) is 0 Å². The fourth-order valence-electron chi connectivity index (χ4n) is 2.02. The average molecular weight is 245 g/mol. The van der Waals surface area contributed by atoms with Crippen molar-refractivity contribution in [3.05, 3.63) is 30.5 Å². The summed E-state index contributed by atoms with van der Waals surface area (Å²) in [5.41, 5.74) is 0. The number of nitrogens with one attached hydrogen (secondary N) is 1. The van der Waals surface area contributed by atoms with Crippen LogP contribution in [0.1, 0.15) is 20.3 Å². The summed E-state index contributed by atoms with van der Waals surface area (Å²) in [5, 5.41) is 22.8. The zero-order chi connectivity index (χ0) is 13.0. The lowest BCUT2D eigenvalue weighted by Crippen LogP contribution is -2.27. The number of rotatable bonds is 5. The second-order valence-corrected chi connectivity index (χ2v) is 4.79. The maximum atomic E-state index is 9.10. The molecule has 0 saturated heterocycles. The van der Waals surface area contributed by atoms with Gasteiger partial charge in [-0.3, -0.25) is 0 Å². The molecule has 0 spiro atoms. The summed E-state index contributed by atoms with van der Waals surface area (Å²) in [7, 11) is 0. The van der Waals surface area contributed by atoms with Crippen LogP contribution >= 0.6 is 0 Å². The highest BCUT2D eigenvalue weighted by atomic mass is 16.3. The maximum Gasteiger partial charge on any atom is 0.156 e. The molecule has 1 aromatic heterocycles. The Hall–Kier alpha value is -1.68. The second-order valence-electron chi connectivity index (χ2n) is 4.79. The van der Waals surface area contributed by atoms with Gasteiger partial charge < -0.3 is 10.4 Å². The van der Waals surface area contributed by atoms with Crippen LogP contribution in [0.5, 0.6) is 0 Å². The van der Waals surface area contributed by atoms with Crippen LogP contribution in [0.4, 0.5) is 5.82 Å². The zero-order valence-electron chi connectivity index (χ0n) is 10.8. The molecule has 0 aliphatic rings. The second kappa shape index (κ2) is 5.78. The van der Waals surface area contributed by atoms with Crippen molar-refractivity contribution in [3.63, 3.8) is 0 Å². The summed E-state index contributed by atoms with van der Waals surface area (Å²) >= 11 is 0. The minimum atomic E-state index is 0.175. The number of benzene rings is 1. The number of hydrogen-bond donors (Lipinski definition) is 2. The molecular formula is C14H19N3O. The van der Waals surface area contributed by atoms with E-state index in [4.69, 9.17) is 5.11 Å². The Labute approximate surface area is 107 Å². The summed E-state index contributed by atoms with van der Waals surface area (Å²) in [6, 6.07) is 8.23. The maximum absolute atomic E-state index is 9.10. The Balaban J connectivity index is 2.30. The van der Waals surface area contributed by atoms with E-state index >= 15 is 0 Å².